The smallest absolute Gasteiger partial charge is 0.191 e. The zero-order valence-electron chi connectivity index (χ0n) is 15.7. The van der Waals surface area contributed by atoms with Gasteiger partial charge in [0.25, 0.3) is 0 Å². The summed E-state index contributed by atoms with van der Waals surface area (Å²) in [5.41, 5.74) is 1.03. The molecule has 8 heteroatoms. The van der Waals surface area contributed by atoms with Gasteiger partial charge in [-0.05, 0) is 43.7 Å². The molecule has 0 bridgehead atoms. The van der Waals surface area contributed by atoms with Crippen LogP contribution in [0.25, 0.3) is 0 Å². The van der Waals surface area contributed by atoms with E-state index in [2.05, 4.69) is 17.6 Å². The summed E-state index contributed by atoms with van der Waals surface area (Å²) in [5.74, 6) is 1.43. The van der Waals surface area contributed by atoms with Crippen LogP contribution >= 0.6 is 35.6 Å². The first-order valence-corrected chi connectivity index (χ1v) is 11.7. The molecule has 2 fully saturated rings. The SMILES string of the molecule is CC(NC(=NCC1CCS(=O)(=O)C1)NC1CCCC1)c1ccccc1Cl.I. The first kappa shape index (κ1) is 22.7. The monoisotopic (exact) mass is 525 g/mol. The van der Waals surface area contributed by atoms with Gasteiger partial charge in [-0.15, -0.1) is 24.0 Å². The molecule has 2 atom stereocenters. The van der Waals surface area contributed by atoms with E-state index in [0.29, 0.717) is 24.8 Å². The van der Waals surface area contributed by atoms with Crippen LogP contribution in [0.2, 0.25) is 5.02 Å². The lowest BCUT2D eigenvalue weighted by atomic mass is 10.1. The van der Waals surface area contributed by atoms with E-state index in [1.54, 1.807) is 0 Å². The van der Waals surface area contributed by atoms with Crippen molar-refractivity contribution in [1.29, 1.82) is 0 Å². The Morgan fingerprint density at radius 1 is 1.26 bits per heavy atom. The van der Waals surface area contributed by atoms with Crippen LogP contribution in [0.1, 0.15) is 50.6 Å². The van der Waals surface area contributed by atoms with Gasteiger partial charge in [0.2, 0.25) is 0 Å². The normalized spacial score (nSPS) is 23.6. The second-order valence-electron chi connectivity index (χ2n) is 7.47. The van der Waals surface area contributed by atoms with Crippen molar-refractivity contribution in [3.05, 3.63) is 34.9 Å². The molecule has 2 aliphatic rings. The Morgan fingerprint density at radius 2 is 1.96 bits per heavy atom. The lowest BCUT2D eigenvalue weighted by Gasteiger charge is -2.22. The number of sulfone groups is 1. The van der Waals surface area contributed by atoms with Crippen molar-refractivity contribution in [3.63, 3.8) is 0 Å². The zero-order valence-corrected chi connectivity index (χ0v) is 19.6. The number of hydrogen-bond donors (Lipinski definition) is 2. The second-order valence-corrected chi connectivity index (χ2v) is 10.1. The number of guanidine groups is 1. The Labute approximate surface area is 184 Å². The van der Waals surface area contributed by atoms with E-state index < -0.39 is 9.84 Å². The molecule has 1 saturated heterocycles. The average Bonchev–Trinajstić information content (AvgIpc) is 3.22. The first-order valence-electron chi connectivity index (χ1n) is 9.45. The third kappa shape index (κ3) is 6.78. The van der Waals surface area contributed by atoms with Crippen LogP contribution < -0.4 is 10.6 Å². The Bertz CT molecular complexity index is 751. The van der Waals surface area contributed by atoms with Crippen LogP contribution in [0.4, 0.5) is 0 Å². The van der Waals surface area contributed by atoms with Gasteiger partial charge in [0.15, 0.2) is 15.8 Å². The molecular formula is C19H29ClIN3O2S. The van der Waals surface area contributed by atoms with Crippen LogP contribution in [-0.4, -0.2) is 38.5 Å². The molecule has 1 aromatic rings. The average molecular weight is 526 g/mol. The Morgan fingerprint density at radius 3 is 2.59 bits per heavy atom. The Hall–Kier alpha value is -0.540. The van der Waals surface area contributed by atoms with Crippen molar-refractivity contribution in [2.45, 2.75) is 51.1 Å². The van der Waals surface area contributed by atoms with Crippen molar-refractivity contribution < 1.29 is 8.42 Å². The minimum Gasteiger partial charge on any atom is -0.354 e. The van der Waals surface area contributed by atoms with Gasteiger partial charge < -0.3 is 10.6 Å². The molecular weight excluding hydrogens is 497 g/mol. The van der Waals surface area contributed by atoms with Crippen LogP contribution in [0.5, 0.6) is 0 Å². The first-order chi connectivity index (χ1) is 12.4. The summed E-state index contributed by atoms with van der Waals surface area (Å²) < 4.78 is 23.3. The maximum Gasteiger partial charge on any atom is 0.191 e. The lowest BCUT2D eigenvalue weighted by molar-refractivity contribution is 0.572. The van der Waals surface area contributed by atoms with E-state index in [1.807, 2.05) is 24.3 Å². The maximum absolute atomic E-state index is 11.7. The highest BCUT2D eigenvalue weighted by atomic mass is 127. The minimum atomic E-state index is -2.86. The molecule has 1 heterocycles. The number of halogens is 2. The standard InChI is InChI=1S/C19H28ClN3O2S.HI/c1-14(17-8-4-5-9-18(17)20)22-19(23-16-6-2-3-7-16)21-12-15-10-11-26(24,25)13-15;/h4-5,8-9,14-16H,2-3,6-7,10-13H2,1H3,(H2,21,22,23);1H. The lowest BCUT2D eigenvalue weighted by Crippen LogP contribution is -2.43. The molecule has 0 amide bonds. The molecule has 5 nitrogen and oxygen atoms in total. The highest BCUT2D eigenvalue weighted by Gasteiger charge is 2.28. The molecule has 1 aliphatic carbocycles. The predicted octanol–water partition coefficient (Wildman–Crippen LogP) is 3.93. The molecule has 0 spiro atoms. The predicted molar refractivity (Wildman–Crippen MR) is 123 cm³/mol. The highest BCUT2D eigenvalue weighted by Crippen LogP contribution is 2.23. The maximum atomic E-state index is 11.7. The zero-order chi connectivity index (χ0) is 18.6. The van der Waals surface area contributed by atoms with Gasteiger partial charge in [0.1, 0.15) is 0 Å². The molecule has 2 unspecified atom stereocenters. The molecule has 27 heavy (non-hydrogen) atoms. The summed E-state index contributed by atoms with van der Waals surface area (Å²) in [6.07, 6.45) is 5.50. The molecule has 1 saturated carbocycles. The van der Waals surface area contributed by atoms with E-state index in [9.17, 15) is 8.42 Å². The van der Waals surface area contributed by atoms with Gasteiger partial charge in [0, 0.05) is 17.6 Å². The minimum absolute atomic E-state index is 0. The van der Waals surface area contributed by atoms with Gasteiger partial charge in [-0.1, -0.05) is 42.6 Å². The number of nitrogens with zero attached hydrogens (tertiary/aromatic N) is 1. The van der Waals surface area contributed by atoms with Crippen molar-refractivity contribution in [1.82, 2.24) is 10.6 Å². The number of nitrogens with one attached hydrogen (secondary N) is 2. The van der Waals surface area contributed by atoms with Gasteiger partial charge >= 0.3 is 0 Å². The third-order valence-electron chi connectivity index (χ3n) is 5.26. The van der Waals surface area contributed by atoms with E-state index in [0.717, 1.165) is 29.4 Å². The van der Waals surface area contributed by atoms with Crippen LogP contribution in [0, 0.1) is 5.92 Å². The van der Waals surface area contributed by atoms with Crippen molar-refractivity contribution in [3.8, 4) is 0 Å². The molecule has 0 aromatic heterocycles. The van der Waals surface area contributed by atoms with E-state index >= 15 is 0 Å². The highest BCUT2D eigenvalue weighted by molar-refractivity contribution is 14.0. The summed E-state index contributed by atoms with van der Waals surface area (Å²) in [5, 5.41) is 7.71. The van der Waals surface area contributed by atoms with Gasteiger partial charge in [-0.2, -0.15) is 0 Å². The summed E-state index contributed by atoms with van der Waals surface area (Å²) in [4.78, 5) is 4.72. The van der Waals surface area contributed by atoms with E-state index in [4.69, 9.17) is 16.6 Å². The fraction of sp³-hybridized carbons (Fsp3) is 0.632. The molecule has 1 aliphatic heterocycles. The van der Waals surface area contributed by atoms with E-state index in [-0.39, 0.29) is 41.7 Å². The number of benzene rings is 1. The fourth-order valence-corrected chi connectivity index (χ4v) is 5.89. The second kappa shape index (κ2) is 10.3. The molecule has 0 radical (unpaired) electrons. The van der Waals surface area contributed by atoms with Crippen LogP contribution in [-0.2, 0) is 9.84 Å². The Kier molecular flexibility index (Phi) is 8.68. The van der Waals surface area contributed by atoms with Crippen molar-refractivity contribution in [2.75, 3.05) is 18.1 Å². The van der Waals surface area contributed by atoms with Gasteiger partial charge in [-0.25, -0.2) is 8.42 Å². The quantitative estimate of drug-likeness (QED) is 0.347. The van der Waals surface area contributed by atoms with Crippen molar-refractivity contribution >= 4 is 51.4 Å². The van der Waals surface area contributed by atoms with Gasteiger partial charge in [0.05, 0.1) is 17.5 Å². The van der Waals surface area contributed by atoms with Crippen LogP contribution in [0.3, 0.4) is 0 Å². The number of rotatable bonds is 5. The topological polar surface area (TPSA) is 70.6 Å². The third-order valence-corrected chi connectivity index (χ3v) is 7.44. The fourth-order valence-electron chi connectivity index (χ4n) is 3.74. The van der Waals surface area contributed by atoms with Crippen LogP contribution in [0.15, 0.2) is 29.3 Å². The molecule has 1 aromatic carbocycles. The summed E-state index contributed by atoms with van der Waals surface area (Å²) in [6.45, 7) is 2.60. The largest absolute Gasteiger partial charge is 0.354 e. The molecule has 152 valence electrons. The number of aliphatic imine (C=N–C) groups is 1. The molecule has 3 rings (SSSR count). The van der Waals surface area contributed by atoms with Gasteiger partial charge in [-0.3, -0.25) is 4.99 Å². The number of hydrogen-bond acceptors (Lipinski definition) is 3. The summed E-state index contributed by atoms with van der Waals surface area (Å²) in [6, 6.07) is 8.25. The van der Waals surface area contributed by atoms with Crippen molar-refractivity contribution in [2.24, 2.45) is 10.9 Å². The Balaban J connectivity index is 0.00000261. The van der Waals surface area contributed by atoms with E-state index in [1.165, 1.54) is 12.8 Å². The molecule has 2 N–H and O–H groups in total. The summed E-state index contributed by atoms with van der Waals surface area (Å²) >= 11 is 6.32. The summed E-state index contributed by atoms with van der Waals surface area (Å²) in [7, 11) is -2.86.